The Hall–Kier alpha value is -3.68. The van der Waals surface area contributed by atoms with Crippen LogP contribution in [0.2, 0.25) is 0 Å². The minimum atomic E-state index is -0.540. The van der Waals surface area contributed by atoms with E-state index in [1.165, 1.54) is 10.9 Å². The molecule has 0 spiro atoms. The molecule has 1 aliphatic heterocycles. The summed E-state index contributed by atoms with van der Waals surface area (Å²) in [6, 6.07) is 16.8. The highest BCUT2D eigenvalue weighted by molar-refractivity contribution is 5.98. The van der Waals surface area contributed by atoms with Crippen LogP contribution >= 0.6 is 0 Å². The number of hydrogen-bond acceptors (Lipinski definition) is 3. The Balaban J connectivity index is 1.81. The summed E-state index contributed by atoms with van der Waals surface area (Å²) in [5.74, 6) is 6.89. The van der Waals surface area contributed by atoms with Gasteiger partial charge >= 0.3 is 0 Å². The fourth-order valence-electron chi connectivity index (χ4n) is 5.40. The fraction of sp³-hybridized carbons (Fsp3) is 0.290. The number of benzene rings is 3. The van der Waals surface area contributed by atoms with Crippen molar-refractivity contribution in [2.24, 2.45) is 0 Å². The first-order valence-electron chi connectivity index (χ1n) is 12.2. The third-order valence-corrected chi connectivity index (χ3v) is 7.37. The molecule has 4 heteroatoms. The zero-order chi connectivity index (χ0) is 24.9. The van der Waals surface area contributed by atoms with E-state index in [2.05, 4.69) is 98.6 Å². The monoisotopic (exact) mass is 463 g/mol. The molecular formula is C31H33N3O. The predicted molar refractivity (Wildman–Crippen MR) is 147 cm³/mol. The Kier molecular flexibility index (Phi) is 5.62. The van der Waals surface area contributed by atoms with Gasteiger partial charge in [0.25, 0.3) is 0 Å². The second kappa shape index (κ2) is 8.52. The van der Waals surface area contributed by atoms with E-state index in [0.29, 0.717) is 0 Å². The quantitative estimate of drug-likeness (QED) is 0.255. The average molecular weight is 464 g/mol. The third-order valence-electron chi connectivity index (χ3n) is 7.37. The topological polar surface area (TPSA) is 60.1 Å². The molecule has 4 nitrogen and oxygen atoms in total. The first kappa shape index (κ1) is 23.1. The molecule has 0 amide bonds. The van der Waals surface area contributed by atoms with E-state index in [4.69, 9.17) is 0 Å². The van der Waals surface area contributed by atoms with Gasteiger partial charge in [-0.05, 0) is 68.7 Å². The number of aromatic amines is 1. The molecular weight excluding hydrogens is 430 g/mol. The molecule has 35 heavy (non-hydrogen) atoms. The van der Waals surface area contributed by atoms with Crippen LogP contribution in [-0.2, 0) is 0 Å². The lowest BCUT2D eigenvalue weighted by Crippen LogP contribution is -2.50. The van der Waals surface area contributed by atoms with Gasteiger partial charge in [-0.1, -0.05) is 43.0 Å². The lowest BCUT2D eigenvalue weighted by Gasteiger charge is -2.43. The lowest BCUT2D eigenvalue weighted by molar-refractivity contribution is 0.0868. The molecule has 0 saturated heterocycles. The van der Waals surface area contributed by atoms with Crippen LogP contribution in [0.1, 0.15) is 54.5 Å². The lowest BCUT2D eigenvalue weighted by atomic mass is 9.75. The number of anilines is 2. The number of aromatic nitrogens is 1. The summed E-state index contributed by atoms with van der Waals surface area (Å²) >= 11 is 0. The predicted octanol–water partition coefficient (Wildman–Crippen LogP) is 6.56. The van der Waals surface area contributed by atoms with Gasteiger partial charge in [0.2, 0.25) is 0 Å². The maximum absolute atomic E-state index is 11.2. The molecule has 2 atom stereocenters. The Bertz CT molecular complexity index is 1500. The number of aliphatic hydroxyl groups is 1. The molecule has 2 heterocycles. The molecule has 0 fully saturated rings. The van der Waals surface area contributed by atoms with Crippen LogP contribution in [-0.4, -0.2) is 28.8 Å². The molecule has 1 aromatic heterocycles. The van der Waals surface area contributed by atoms with E-state index in [9.17, 15) is 5.11 Å². The second-order valence-corrected chi connectivity index (χ2v) is 10.3. The maximum atomic E-state index is 11.2. The summed E-state index contributed by atoms with van der Waals surface area (Å²) in [6.45, 7) is 10.5. The highest BCUT2D eigenvalue weighted by atomic mass is 16.3. The van der Waals surface area contributed by atoms with Gasteiger partial charge in [-0.3, -0.25) is 0 Å². The van der Waals surface area contributed by atoms with Gasteiger partial charge in [0.05, 0.1) is 17.2 Å². The molecule has 178 valence electrons. The van der Waals surface area contributed by atoms with Gasteiger partial charge in [0.1, 0.15) is 0 Å². The van der Waals surface area contributed by atoms with E-state index >= 15 is 0 Å². The average Bonchev–Trinajstić information content (AvgIpc) is 3.23. The number of nitrogens with one attached hydrogen (secondary N) is 3. The minimum absolute atomic E-state index is 0.0718. The van der Waals surface area contributed by atoms with Gasteiger partial charge in [-0.2, -0.15) is 0 Å². The van der Waals surface area contributed by atoms with E-state index in [-0.39, 0.29) is 5.92 Å². The van der Waals surface area contributed by atoms with Crippen LogP contribution in [0.15, 0.2) is 54.7 Å². The SMILES string of the molecule is CNc1cccc(C#Cc2c(-c3cccc4c(C)c[nH]c34)cc(C)c3c2[C@@H](C)[C@H](O)C(C)(C)N3)c1. The molecule has 0 saturated carbocycles. The standard InChI is InChI=1S/C31H33N3O/c1-18-15-26(25-12-8-11-23-19(2)17-33-29(23)25)24(14-13-21-9-7-10-22(16-21)32-6)27-20(3)30(35)31(4,5)34-28(18)27/h7-12,15-17,20,30,32-35H,1-6H3/t20-,30+/m1/s1. The van der Waals surface area contributed by atoms with Crippen LogP contribution in [0, 0.1) is 25.7 Å². The van der Waals surface area contributed by atoms with Crippen molar-refractivity contribution >= 4 is 22.3 Å². The summed E-state index contributed by atoms with van der Waals surface area (Å²) in [6.07, 6.45) is 1.52. The number of para-hydroxylation sites is 1. The maximum Gasteiger partial charge on any atom is 0.0831 e. The van der Waals surface area contributed by atoms with Crippen LogP contribution in [0.4, 0.5) is 11.4 Å². The number of aliphatic hydroxyl groups excluding tert-OH is 1. The number of aryl methyl sites for hydroxylation is 2. The Morgan fingerprint density at radius 2 is 1.74 bits per heavy atom. The van der Waals surface area contributed by atoms with E-state index in [1.807, 2.05) is 25.2 Å². The summed E-state index contributed by atoms with van der Waals surface area (Å²) < 4.78 is 0. The van der Waals surface area contributed by atoms with Crippen molar-refractivity contribution in [2.45, 2.75) is 52.2 Å². The Morgan fingerprint density at radius 1 is 0.971 bits per heavy atom. The molecule has 0 aliphatic carbocycles. The van der Waals surface area contributed by atoms with Crippen molar-refractivity contribution in [3.8, 4) is 23.0 Å². The zero-order valence-electron chi connectivity index (χ0n) is 21.3. The molecule has 0 radical (unpaired) electrons. The number of hydrogen-bond donors (Lipinski definition) is 4. The van der Waals surface area contributed by atoms with Crippen molar-refractivity contribution < 1.29 is 5.11 Å². The van der Waals surface area contributed by atoms with E-state index < -0.39 is 11.6 Å². The Morgan fingerprint density at radius 3 is 2.51 bits per heavy atom. The molecule has 4 aromatic rings. The van der Waals surface area contributed by atoms with Crippen molar-refractivity contribution in [2.75, 3.05) is 17.7 Å². The first-order chi connectivity index (χ1) is 16.7. The van der Waals surface area contributed by atoms with Crippen molar-refractivity contribution in [1.82, 2.24) is 4.98 Å². The second-order valence-electron chi connectivity index (χ2n) is 10.3. The van der Waals surface area contributed by atoms with Crippen LogP contribution in [0.25, 0.3) is 22.0 Å². The van der Waals surface area contributed by atoms with E-state index in [0.717, 1.165) is 50.3 Å². The fourth-order valence-corrected chi connectivity index (χ4v) is 5.40. The van der Waals surface area contributed by atoms with Gasteiger partial charge in [0, 0.05) is 58.2 Å². The van der Waals surface area contributed by atoms with Crippen molar-refractivity contribution in [3.63, 3.8) is 0 Å². The van der Waals surface area contributed by atoms with Gasteiger partial charge < -0.3 is 20.7 Å². The van der Waals surface area contributed by atoms with Crippen LogP contribution in [0.5, 0.6) is 0 Å². The molecule has 0 unspecified atom stereocenters. The van der Waals surface area contributed by atoms with Gasteiger partial charge in [-0.15, -0.1) is 0 Å². The van der Waals surface area contributed by atoms with Crippen LogP contribution in [0.3, 0.4) is 0 Å². The van der Waals surface area contributed by atoms with Crippen molar-refractivity contribution in [1.29, 1.82) is 0 Å². The normalized spacial score (nSPS) is 18.4. The number of H-pyrrole nitrogens is 1. The summed E-state index contributed by atoms with van der Waals surface area (Å²) in [4.78, 5) is 3.48. The minimum Gasteiger partial charge on any atom is -0.390 e. The summed E-state index contributed by atoms with van der Waals surface area (Å²) in [7, 11) is 1.91. The highest BCUT2D eigenvalue weighted by Crippen LogP contribution is 2.46. The molecule has 3 aromatic carbocycles. The molecule has 1 aliphatic rings. The van der Waals surface area contributed by atoms with Crippen LogP contribution < -0.4 is 10.6 Å². The summed E-state index contributed by atoms with van der Waals surface area (Å²) in [5, 5.41) is 19.3. The van der Waals surface area contributed by atoms with Crippen molar-refractivity contribution in [3.05, 3.63) is 82.5 Å². The smallest absolute Gasteiger partial charge is 0.0831 e. The highest BCUT2D eigenvalue weighted by Gasteiger charge is 2.40. The van der Waals surface area contributed by atoms with E-state index in [1.54, 1.807) is 0 Å². The molecule has 4 N–H and O–H groups in total. The summed E-state index contributed by atoms with van der Waals surface area (Å²) in [5.41, 5.74) is 10.4. The first-order valence-corrected chi connectivity index (χ1v) is 12.2. The number of rotatable bonds is 2. The Labute approximate surface area is 207 Å². The number of fused-ring (bicyclic) bond motifs is 2. The largest absolute Gasteiger partial charge is 0.390 e. The zero-order valence-corrected chi connectivity index (χ0v) is 21.3. The molecule has 5 rings (SSSR count). The van der Waals surface area contributed by atoms with Gasteiger partial charge in [0.15, 0.2) is 0 Å². The third kappa shape index (κ3) is 3.87. The molecule has 0 bridgehead atoms. The van der Waals surface area contributed by atoms with Gasteiger partial charge in [-0.25, -0.2) is 0 Å².